The normalized spacial score (nSPS) is 24.3. The van der Waals surface area contributed by atoms with Crippen LogP contribution in [0.2, 0.25) is 0 Å². The van der Waals surface area contributed by atoms with Gasteiger partial charge in [-0.15, -0.1) is 11.8 Å². The van der Waals surface area contributed by atoms with Gasteiger partial charge < -0.3 is 10.2 Å². The van der Waals surface area contributed by atoms with Crippen LogP contribution in [0.3, 0.4) is 0 Å². The summed E-state index contributed by atoms with van der Waals surface area (Å²) in [6, 6.07) is 7.31. The number of thioether (sulfide) groups is 1. The van der Waals surface area contributed by atoms with Crippen LogP contribution < -0.4 is 5.32 Å². The molecule has 0 radical (unpaired) electrons. The number of hydrogen-bond acceptors (Lipinski definition) is 3. The molecule has 1 aromatic rings. The number of hydrogen-bond donors (Lipinski definition) is 1. The number of carbonyl (C=O) groups is 2. The van der Waals surface area contributed by atoms with Crippen LogP contribution in [-0.2, 0) is 4.79 Å². The lowest BCUT2D eigenvalue weighted by Crippen LogP contribution is -2.46. The van der Waals surface area contributed by atoms with Crippen molar-refractivity contribution in [2.75, 3.05) is 12.3 Å². The molecule has 2 heterocycles. The van der Waals surface area contributed by atoms with Gasteiger partial charge in [0.25, 0.3) is 5.91 Å². The molecule has 2 aliphatic rings. The molecule has 19 heavy (non-hydrogen) atoms. The van der Waals surface area contributed by atoms with Crippen LogP contribution in [0.1, 0.15) is 34.6 Å². The third-order valence-corrected chi connectivity index (χ3v) is 4.85. The molecule has 1 fully saturated rings. The van der Waals surface area contributed by atoms with Crippen LogP contribution in [0, 0.1) is 0 Å². The highest BCUT2D eigenvalue weighted by Gasteiger charge is 2.48. The Morgan fingerprint density at radius 2 is 2.26 bits per heavy atom. The van der Waals surface area contributed by atoms with Gasteiger partial charge in [0, 0.05) is 17.9 Å². The number of rotatable bonds is 3. The molecule has 2 amide bonds. The van der Waals surface area contributed by atoms with Crippen molar-refractivity contribution in [1.82, 2.24) is 10.2 Å². The third-order valence-electron chi connectivity index (χ3n) is 3.54. The van der Waals surface area contributed by atoms with Crippen LogP contribution >= 0.6 is 11.8 Å². The number of benzene rings is 1. The van der Waals surface area contributed by atoms with Gasteiger partial charge in [-0.05, 0) is 18.1 Å². The number of amides is 2. The van der Waals surface area contributed by atoms with Crippen molar-refractivity contribution >= 4 is 23.6 Å². The lowest BCUT2D eigenvalue weighted by molar-refractivity contribution is -0.124. The minimum atomic E-state index is -0.332. The predicted octanol–water partition coefficient (Wildman–Crippen LogP) is 1.78. The first-order chi connectivity index (χ1) is 9.24. The Hall–Kier alpha value is -1.49. The van der Waals surface area contributed by atoms with Crippen molar-refractivity contribution in [2.45, 2.75) is 24.8 Å². The van der Waals surface area contributed by atoms with Crippen molar-refractivity contribution in [3.05, 3.63) is 35.4 Å². The number of nitrogens with one attached hydrogen (secondary N) is 1. The first-order valence-electron chi connectivity index (χ1n) is 6.55. The van der Waals surface area contributed by atoms with Crippen molar-refractivity contribution in [3.8, 4) is 0 Å². The van der Waals surface area contributed by atoms with Crippen molar-refractivity contribution in [3.63, 3.8) is 0 Å². The maximum Gasteiger partial charge on any atom is 0.256 e. The fourth-order valence-corrected chi connectivity index (χ4v) is 4.07. The Morgan fingerprint density at radius 1 is 1.47 bits per heavy atom. The van der Waals surface area contributed by atoms with Gasteiger partial charge in [0.1, 0.15) is 11.4 Å². The van der Waals surface area contributed by atoms with Crippen molar-refractivity contribution < 1.29 is 9.59 Å². The standard InChI is InChI=1S/C14H16N2O2S/c1-2-7-15-12(17)11-8-19-14-10-6-4-3-5-9(10)13(18)16(11)14/h3-6,11,14H,2,7-8H2,1H3,(H,15,17)/t11-,14-/m0/s1. The zero-order valence-electron chi connectivity index (χ0n) is 10.8. The van der Waals surface area contributed by atoms with Crippen LogP contribution in [-0.4, -0.2) is 35.1 Å². The van der Waals surface area contributed by atoms with Gasteiger partial charge in [-0.2, -0.15) is 0 Å². The van der Waals surface area contributed by atoms with E-state index in [0.717, 1.165) is 17.5 Å². The van der Waals surface area contributed by atoms with E-state index in [9.17, 15) is 9.59 Å². The zero-order valence-corrected chi connectivity index (χ0v) is 11.6. The van der Waals surface area contributed by atoms with Gasteiger partial charge in [-0.3, -0.25) is 9.59 Å². The molecule has 2 aliphatic heterocycles. The molecule has 0 aliphatic carbocycles. The van der Waals surface area contributed by atoms with E-state index < -0.39 is 0 Å². The molecule has 5 heteroatoms. The van der Waals surface area contributed by atoms with E-state index in [-0.39, 0.29) is 23.2 Å². The first-order valence-corrected chi connectivity index (χ1v) is 7.59. The summed E-state index contributed by atoms with van der Waals surface area (Å²) in [7, 11) is 0. The van der Waals surface area contributed by atoms with E-state index in [1.807, 2.05) is 31.2 Å². The van der Waals surface area contributed by atoms with Crippen molar-refractivity contribution in [1.29, 1.82) is 0 Å². The molecule has 2 atom stereocenters. The van der Waals surface area contributed by atoms with Gasteiger partial charge in [-0.25, -0.2) is 0 Å². The molecule has 0 bridgehead atoms. The van der Waals surface area contributed by atoms with Gasteiger partial charge in [0.2, 0.25) is 5.91 Å². The highest BCUT2D eigenvalue weighted by molar-refractivity contribution is 7.99. The molecule has 100 valence electrons. The molecule has 1 aromatic carbocycles. The average molecular weight is 276 g/mol. The van der Waals surface area contributed by atoms with Gasteiger partial charge in [-0.1, -0.05) is 25.1 Å². The highest BCUT2D eigenvalue weighted by atomic mass is 32.2. The fraction of sp³-hybridized carbons (Fsp3) is 0.429. The molecular weight excluding hydrogens is 260 g/mol. The summed E-state index contributed by atoms with van der Waals surface area (Å²) < 4.78 is 0. The fourth-order valence-electron chi connectivity index (χ4n) is 2.61. The minimum Gasteiger partial charge on any atom is -0.354 e. The number of fused-ring (bicyclic) bond motifs is 3. The largest absolute Gasteiger partial charge is 0.354 e. The highest BCUT2D eigenvalue weighted by Crippen LogP contribution is 2.47. The second-order valence-corrected chi connectivity index (χ2v) is 5.91. The van der Waals surface area contributed by atoms with E-state index in [2.05, 4.69) is 5.32 Å². The smallest absolute Gasteiger partial charge is 0.256 e. The monoisotopic (exact) mass is 276 g/mol. The SMILES string of the molecule is CCCNC(=O)[C@@H]1CS[C@H]2c3ccccc3C(=O)N12. The summed E-state index contributed by atoms with van der Waals surface area (Å²) >= 11 is 1.67. The van der Waals surface area contributed by atoms with E-state index in [0.29, 0.717) is 12.3 Å². The van der Waals surface area contributed by atoms with Crippen LogP contribution in [0.4, 0.5) is 0 Å². The molecule has 0 aromatic heterocycles. The predicted molar refractivity (Wildman–Crippen MR) is 74.9 cm³/mol. The maximum absolute atomic E-state index is 12.4. The van der Waals surface area contributed by atoms with E-state index in [1.54, 1.807) is 16.7 Å². The van der Waals surface area contributed by atoms with Crippen LogP contribution in [0.15, 0.2) is 24.3 Å². The van der Waals surface area contributed by atoms with E-state index in [1.165, 1.54) is 0 Å². The summed E-state index contributed by atoms with van der Waals surface area (Å²) in [5.74, 6) is 0.639. The topological polar surface area (TPSA) is 49.4 Å². The Bertz CT molecular complexity index is 532. The lowest BCUT2D eigenvalue weighted by Gasteiger charge is -2.22. The lowest BCUT2D eigenvalue weighted by atomic mass is 10.1. The van der Waals surface area contributed by atoms with Crippen LogP contribution in [0.5, 0.6) is 0 Å². The Balaban J connectivity index is 1.85. The molecule has 0 saturated carbocycles. The maximum atomic E-state index is 12.4. The van der Waals surface area contributed by atoms with E-state index >= 15 is 0 Å². The minimum absolute atomic E-state index is 0.0118. The molecule has 1 N–H and O–H groups in total. The van der Waals surface area contributed by atoms with Gasteiger partial charge in [0.15, 0.2) is 0 Å². The summed E-state index contributed by atoms with van der Waals surface area (Å²) in [5.41, 5.74) is 1.79. The van der Waals surface area contributed by atoms with E-state index in [4.69, 9.17) is 0 Å². The second kappa shape index (κ2) is 4.89. The molecule has 0 unspecified atom stereocenters. The Morgan fingerprint density at radius 3 is 3.05 bits per heavy atom. The van der Waals surface area contributed by atoms with Gasteiger partial charge in [0.05, 0.1) is 0 Å². The first kappa shape index (κ1) is 12.5. The Labute approximate surface area is 116 Å². The quantitative estimate of drug-likeness (QED) is 0.915. The number of nitrogens with zero attached hydrogens (tertiary/aromatic N) is 1. The summed E-state index contributed by atoms with van der Waals surface area (Å²) in [4.78, 5) is 26.3. The summed E-state index contributed by atoms with van der Waals surface area (Å²) in [6.07, 6.45) is 0.906. The molecule has 0 spiro atoms. The average Bonchev–Trinajstić information content (AvgIpc) is 2.98. The second-order valence-electron chi connectivity index (χ2n) is 4.79. The summed E-state index contributed by atoms with van der Waals surface area (Å²) in [5, 5.41) is 2.90. The van der Waals surface area contributed by atoms with Gasteiger partial charge >= 0.3 is 0 Å². The molecule has 1 saturated heterocycles. The molecule has 3 rings (SSSR count). The summed E-state index contributed by atoms with van der Waals surface area (Å²) in [6.45, 7) is 2.68. The van der Waals surface area contributed by atoms with Crippen molar-refractivity contribution in [2.24, 2.45) is 0 Å². The molecule has 4 nitrogen and oxygen atoms in total. The molecular formula is C14H16N2O2S. The number of carbonyl (C=O) groups excluding carboxylic acids is 2. The zero-order chi connectivity index (χ0) is 13.4. The Kier molecular flexibility index (Phi) is 3.22. The third kappa shape index (κ3) is 1.92. The van der Waals surface area contributed by atoms with Crippen LogP contribution in [0.25, 0.3) is 0 Å².